The second-order valence-corrected chi connectivity index (χ2v) is 9.39. The number of fused-ring (bicyclic) bond motifs is 2. The van der Waals surface area contributed by atoms with E-state index in [1.165, 1.54) is 34.0 Å². The molecule has 0 N–H and O–H groups in total. The van der Waals surface area contributed by atoms with Gasteiger partial charge in [0.2, 0.25) is 0 Å². The van der Waals surface area contributed by atoms with Gasteiger partial charge in [-0.15, -0.1) is 11.8 Å². The molecule has 4 heterocycles. The van der Waals surface area contributed by atoms with Crippen LogP contribution in [0.4, 0.5) is 13.2 Å². The summed E-state index contributed by atoms with van der Waals surface area (Å²) in [5.41, 5.74) is -0.408. The molecule has 0 aliphatic carbocycles. The lowest BCUT2D eigenvalue weighted by Gasteiger charge is -2.05. The molecule has 4 aromatic heterocycles. The van der Waals surface area contributed by atoms with Crippen LogP contribution in [0.1, 0.15) is 12.5 Å². The highest BCUT2D eigenvalue weighted by Crippen LogP contribution is 2.35. The summed E-state index contributed by atoms with van der Waals surface area (Å²) in [6, 6.07) is 2.56. The number of nitrogens with zero attached hydrogens (tertiary/aromatic N) is 6. The predicted molar refractivity (Wildman–Crippen MR) is 105 cm³/mol. The average molecular weight is 456 g/mol. The first-order valence-electron chi connectivity index (χ1n) is 8.63. The zero-order valence-corrected chi connectivity index (χ0v) is 17.6. The number of hydrogen-bond acceptors (Lipinski definition) is 7. The summed E-state index contributed by atoms with van der Waals surface area (Å²) in [7, 11) is -2.23. The molecule has 0 aliphatic heterocycles. The van der Waals surface area contributed by atoms with Gasteiger partial charge in [0.1, 0.15) is 21.9 Å². The maximum Gasteiger partial charge on any atom is 0.417 e. The van der Waals surface area contributed by atoms with E-state index in [9.17, 15) is 21.6 Å². The van der Waals surface area contributed by atoms with Gasteiger partial charge in [0.05, 0.1) is 11.3 Å². The molecule has 8 nitrogen and oxygen atoms in total. The number of aromatic nitrogens is 6. The fourth-order valence-electron chi connectivity index (χ4n) is 3.06. The molecule has 0 saturated carbocycles. The average Bonchev–Trinajstić information content (AvgIpc) is 3.25. The molecule has 0 bridgehead atoms. The molecular formula is C17H15F3N6O2S2. The maximum atomic E-state index is 13.1. The van der Waals surface area contributed by atoms with Gasteiger partial charge in [-0.1, -0.05) is 6.92 Å². The number of rotatable bonds is 4. The standard InChI is InChI=1S/C17H15F3N6O2S2/c1-4-30(27,28)16-12(14-21-6-5-11(29-3)26(14)24-16)15-23-10-7-9(17(18,19)20)8-22-13(10)25(15)2/h5-8H,4H2,1-3H3. The van der Waals surface area contributed by atoms with Crippen molar-refractivity contribution in [3.8, 4) is 11.4 Å². The Labute approximate surface area is 173 Å². The van der Waals surface area contributed by atoms with E-state index < -0.39 is 21.6 Å². The van der Waals surface area contributed by atoms with E-state index in [4.69, 9.17) is 0 Å². The quantitative estimate of drug-likeness (QED) is 0.344. The number of pyridine rings is 1. The van der Waals surface area contributed by atoms with Crippen molar-refractivity contribution in [1.29, 1.82) is 0 Å². The second kappa shape index (κ2) is 6.94. The number of sulfone groups is 1. The monoisotopic (exact) mass is 456 g/mol. The van der Waals surface area contributed by atoms with E-state index in [2.05, 4.69) is 20.1 Å². The van der Waals surface area contributed by atoms with Gasteiger partial charge in [0.25, 0.3) is 0 Å². The largest absolute Gasteiger partial charge is 0.417 e. The molecule has 158 valence electrons. The van der Waals surface area contributed by atoms with E-state index >= 15 is 0 Å². The molecular weight excluding hydrogens is 441 g/mol. The zero-order chi connectivity index (χ0) is 21.8. The normalized spacial score (nSPS) is 12.9. The van der Waals surface area contributed by atoms with Crippen molar-refractivity contribution in [3.05, 3.63) is 30.1 Å². The molecule has 4 aromatic rings. The molecule has 0 spiro atoms. The number of thioether (sulfide) groups is 1. The van der Waals surface area contributed by atoms with Gasteiger partial charge >= 0.3 is 6.18 Å². The Morgan fingerprint density at radius 1 is 1.20 bits per heavy atom. The number of alkyl halides is 3. The third-order valence-corrected chi connectivity index (χ3v) is 6.96. The van der Waals surface area contributed by atoms with Crippen LogP contribution in [-0.4, -0.2) is 49.6 Å². The van der Waals surface area contributed by atoms with Gasteiger partial charge < -0.3 is 4.57 Å². The van der Waals surface area contributed by atoms with Crippen molar-refractivity contribution in [1.82, 2.24) is 29.1 Å². The molecule has 0 fully saturated rings. The van der Waals surface area contributed by atoms with Crippen LogP contribution in [-0.2, 0) is 23.1 Å². The Hall–Kier alpha value is -2.67. The summed E-state index contributed by atoms with van der Waals surface area (Å²) >= 11 is 1.35. The van der Waals surface area contributed by atoms with Crippen molar-refractivity contribution in [2.75, 3.05) is 12.0 Å². The molecule has 30 heavy (non-hydrogen) atoms. The first kappa shape index (κ1) is 20.6. The minimum Gasteiger partial charge on any atom is -0.312 e. The minimum absolute atomic E-state index is 0.0115. The van der Waals surface area contributed by atoms with Crippen LogP contribution in [0, 0.1) is 0 Å². The summed E-state index contributed by atoms with van der Waals surface area (Å²) in [6.45, 7) is 1.48. The second-order valence-electron chi connectivity index (χ2n) is 6.37. The maximum absolute atomic E-state index is 13.1. The van der Waals surface area contributed by atoms with Gasteiger partial charge in [-0.05, 0) is 18.4 Å². The van der Waals surface area contributed by atoms with Crippen molar-refractivity contribution >= 4 is 38.4 Å². The van der Waals surface area contributed by atoms with Crippen LogP contribution in [0.3, 0.4) is 0 Å². The zero-order valence-electron chi connectivity index (χ0n) is 16.0. The van der Waals surface area contributed by atoms with E-state index in [-0.39, 0.29) is 39.0 Å². The molecule has 0 radical (unpaired) electrons. The lowest BCUT2D eigenvalue weighted by molar-refractivity contribution is -0.137. The number of halogens is 3. The molecule has 0 unspecified atom stereocenters. The Kier molecular flexibility index (Phi) is 4.77. The Balaban J connectivity index is 2.09. The van der Waals surface area contributed by atoms with Crippen LogP contribution in [0.15, 0.2) is 34.6 Å². The molecule has 0 atom stereocenters. The SMILES string of the molecule is CCS(=O)(=O)c1nn2c(SC)ccnc2c1-c1nc2cc(C(F)(F)F)cnc2n1C. The van der Waals surface area contributed by atoms with Crippen LogP contribution >= 0.6 is 11.8 Å². The Morgan fingerprint density at radius 3 is 2.57 bits per heavy atom. The highest BCUT2D eigenvalue weighted by molar-refractivity contribution is 7.98. The van der Waals surface area contributed by atoms with Gasteiger partial charge in [-0.3, -0.25) is 0 Å². The number of hydrogen-bond donors (Lipinski definition) is 0. The van der Waals surface area contributed by atoms with Gasteiger partial charge in [0.15, 0.2) is 26.2 Å². The fourth-order valence-corrected chi connectivity index (χ4v) is 4.53. The van der Waals surface area contributed by atoms with Gasteiger partial charge in [-0.2, -0.15) is 18.3 Å². The minimum atomic E-state index is -4.57. The van der Waals surface area contributed by atoms with Crippen molar-refractivity contribution < 1.29 is 21.6 Å². The van der Waals surface area contributed by atoms with Gasteiger partial charge in [0, 0.05) is 19.4 Å². The first-order chi connectivity index (χ1) is 14.1. The molecule has 13 heteroatoms. The van der Waals surface area contributed by atoms with Crippen LogP contribution < -0.4 is 0 Å². The molecule has 4 rings (SSSR count). The lowest BCUT2D eigenvalue weighted by Crippen LogP contribution is -2.07. The first-order valence-corrected chi connectivity index (χ1v) is 11.5. The number of aryl methyl sites for hydroxylation is 1. The third-order valence-electron chi connectivity index (χ3n) is 4.60. The lowest BCUT2D eigenvalue weighted by atomic mass is 10.2. The summed E-state index contributed by atoms with van der Waals surface area (Å²) in [6.07, 6.45) is -0.536. The third kappa shape index (κ3) is 3.12. The summed E-state index contributed by atoms with van der Waals surface area (Å²) in [5, 5.41) is 4.68. The predicted octanol–water partition coefficient (Wildman–Crippen LogP) is 3.21. The summed E-state index contributed by atoms with van der Waals surface area (Å²) in [5.74, 6) is -0.0941. The summed E-state index contributed by atoms with van der Waals surface area (Å²) in [4.78, 5) is 12.4. The van der Waals surface area contributed by atoms with Crippen molar-refractivity contribution in [2.24, 2.45) is 7.05 Å². The summed E-state index contributed by atoms with van der Waals surface area (Å²) < 4.78 is 67.6. The highest BCUT2D eigenvalue weighted by atomic mass is 32.2. The Morgan fingerprint density at radius 2 is 1.93 bits per heavy atom. The van der Waals surface area contributed by atoms with Crippen molar-refractivity contribution in [3.63, 3.8) is 0 Å². The van der Waals surface area contributed by atoms with Crippen molar-refractivity contribution in [2.45, 2.75) is 23.2 Å². The smallest absolute Gasteiger partial charge is 0.312 e. The van der Waals surface area contributed by atoms with Crippen LogP contribution in [0.2, 0.25) is 0 Å². The molecule has 0 aromatic carbocycles. The molecule has 0 aliphatic rings. The van der Waals surface area contributed by atoms with Gasteiger partial charge in [-0.25, -0.2) is 27.9 Å². The Bertz CT molecular complexity index is 1390. The van der Waals surface area contributed by atoms with E-state index in [0.29, 0.717) is 5.03 Å². The number of imidazole rings is 1. The van der Waals surface area contributed by atoms with Crippen LogP contribution in [0.25, 0.3) is 28.2 Å². The topological polar surface area (TPSA) is 95.0 Å². The van der Waals surface area contributed by atoms with E-state index in [1.54, 1.807) is 13.1 Å². The fraction of sp³-hybridized carbons (Fsp3) is 0.294. The van der Waals surface area contributed by atoms with E-state index in [1.807, 2.05) is 6.26 Å². The molecule has 0 saturated heterocycles. The van der Waals surface area contributed by atoms with Crippen LogP contribution in [0.5, 0.6) is 0 Å². The highest BCUT2D eigenvalue weighted by Gasteiger charge is 2.33. The molecule has 0 amide bonds. The van der Waals surface area contributed by atoms with E-state index in [0.717, 1.165) is 12.3 Å².